The molecule has 0 amide bonds. The zero-order valence-corrected chi connectivity index (χ0v) is 15.2. The maximum atomic E-state index is 12.4. The van der Waals surface area contributed by atoms with Crippen molar-refractivity contribution in [3.05, 3.63) is 59.2 Å². The van der Waals surface area contributed by atoms with Crippen molar-refractivity contribution in [3.63, 3.8) is 0 Å². The maximum absolute atomic E-state index is 12.4. The van der Waals surface area contributed by atoms with Crippen molar-refractivity contribution in [2.45, 2.75) is 35.5 Å². The number of sulfonamides is 2. The fourth-order valence-electron chi connectivity index (χ4n) is 2.97. The highest BCUT2D eigenvalue weighted by molar-refractivity contribution is 7.89. The van der Waals surface area contributed by atoms with Gasteiger partial charge in [-0.2, -0.15) is 0 Å². The Morgan fingerprint density at radius 2 is 1.52 bits per heavy atom. The van der Waals surface area contributed by atoms with E-state index < -0.39 is 20.0 Å². The summed E-state index contributed by atoms with van der Waals surface area (Å²) in [6, 6.07) is 11.4. The molecule has 0 fully saturated rings. The first-order valence-electron chi connectivity index (χ1n) is 7.99. The Bertz CT molecular complexity index is 982. The molecule has 25 heavy (non-hydrogen) atoms. The van der Waals surface area contributed by atoms with Crippen LogP contribution in [0.3, 0.4) is 0 Å². The summed E-state index contributed by atoms with van der Waals surface area (Å²) in [6.07, 6.45) is 3.46. The lowest BCUT2D eigenvalue weighted by molar-refractivity contribution is 0.581. The Hall–Kier alpha value is -1.74. The first-order valence-corrected chi connectivity index (χ1v) is 11.0. The number of aryl methyl sites for hydroxylation is 2. The molecule has 134 valence electrons. The minimum Gasteiger partial charge on any atom is -0.225 e. The van der Waals surface area contributed by atoms with Crippen LogP contribution in [0.15, 0.2) is 52.3 Å². The van der Waals surface area contributed by atoms with Crippen molar-refractivity contribution in [2.24, 2.45) is 5.14 Å². The predicted octanol–water partition coefficient (Wildman–Crippen LogP) is 1.34. The number of hydrogen-bond acceptors (Lipinski definition) is 4. The number of benzene rings is 2. The molecule has 0 spiro atoms. The van der Waals surface area contributed by atoms with Crippen LogP contribution in [0.25, 0.3) is 0 Å². The zero-order valence-electron chi connectivity index (χ0n) is 13.6. The molecule has 0 saturated heterocycles. The van der Waals surface area contributed by atoms with Gasteiger partial charge in [0.1, 0.15) is 0 Å². The summed E-state index contributed by atoms with van der Waals surface area (Å²) in [7, 11) is -7.27. The van der Waals surface area contributed by atoms with Gasteiger partial charge in [0.25, 0.3) is 0 Å². The molecule has 3 N–H and O–H groups in total. The predicted molar refractivity (Wildman–Crippen MR) is 95.2 cm³/mol. The number of primary sulfonamides is 1. The minimum absolute atomic E-state index is 0.0370. The molecule has 6 nitrogen and oxygen atoms in total. The molecule has 0 heterocycles. The molecule has 0 aliphatic heterocycles. The first kappa shape index (κ1) is 18.1. The molecule has 8 heteroatoms. The monoisotopic (exact) mass is 380 g/mol. The average molecular weight is 380 g/mol. The Labute approximate surface area is 148 Å². The highest BCUT2D eigenvalue weighted by atomic mass is 32.2. The van der Waals surface area contributed by atoms with Crippen LogP contribution >= 0.6 is 0 Å². The lowest BCUT2D eigenvalue weighted by Gasteiger charge is -2.09. The van der Waals surface area contributed by atoms with E-state index in [0.717, 1.165) is 30.4 Å². The average Bonchev–Trinajstić information content (AvgIpc) is 3.02. The van der Waals surface area contributed by atoms with Gasteiger partial charge in [0.2, 0.25) is 20.0 Å². The molecule has 2 aromatic rings. The van der Waals surface area contributed by atoms with Crippen molar-refractivity contribution in [1.29, 1.82) is 0 Å². The van der Waals surface area contributed by atoms with E-state index in [4.69, 9.17) is 5.14 Å². The quantitative estimate of drug-likeness (QED) is 0.789. The summed E-state index contributed by atoms with van der Waals surface area (Å²) < 4.78 is 49.8. The summed E-state index contributed by atoms with van der Waals surface area (Å²) in [5.74, 6) is 0. The van der Waals surface area contributed by atoms with Gasteiger partial charge < -0.3 is 0 Å². The lowest BCUT2D eigenvalue weighted by Crippen LogP contribution is -2.26. The summed E-state index contributed by atoms with van der Waals surface area (Å²) in [5, 5.41) is 5.05. The first-order chi connectivity index (χ1) is 11.8. The molecular formula is C17H20N2O4S2. The fraction of sp³-hybridized carbons (Fsp3) is 0.294. The van der Waals surface area contributed by atoms with Crippen LogP contribution in [0.1, 0.15) is 23.1 Å². The van der Waals surface area contributed by atoms with Gasteiger partial charge in [0.15, 0.2) is 0 Å². The van der Waals surface area contributed by atoms with Crippen molar-refractivity contribution < 1.29 is 16.8 Å². The van der Waals surface area contributed by atoms with Crippen LogP contribution in [-0.2, 0) is 39.3 Å². The maximum Gasteiger partial charge on any atom is 0.240 e. The lowest BCUT2D eigenvalue weighted by atomic mass is 10.1. The molecule has 0 saturated carbocycles. The highest BCUT2D eigenvalue weighted by Crippen LogP contribution is 2.24. The Kier molecular flexibility index (Phi) is 4.97. The standard InChI is InChI=1S/C17H20N2O4S2/c18-24(20,21)16-7-4-13(5-8-16)10-11-19-25(22,23)17-9-6-14-2-1-3-15(14)12-17/h4-9,12,19H,1-3,10-11H2,(H2,18,20,21). The summed E-state index contributed by atoms with van der Waals surface area (Å²) in [5.41, 5.74) is 3.17. The van der Waals surface area contributed by atoms with E-state index in [9.17, 15) is 16.8 Å². The smallest absolute Gasteiger partial charge is 0.225 e. The SMILES string of the molecule is NS(=O)(=O)c1ccc(CCNS(=O)(=O)c2ccc3c(c2)CCC3)cc1. The minimum atomic E-state index is -3.72. The van der Waals surface area contributed by atoms with Gasteiger partial charge in [0.05, 0.1) is 9.79 Å². The van der Waals surface area contributed by atoms with Crippen molar-refractivity contribution in [2.75, 3.05) is 6.54 Å². The van der Waals surface area contributed by atoms with Gasteiger partial charge in [-0.15, -0.1) is 0 Å². The van der Waals surface area contributed by atoms with Gasteiger partial charge in [0, 0.05) is 6.54 Å². The largest absolute Gasteiger partial charge is 0.240 e. The second-order valence-corrected chi connectivity index (χ2v) is 9.45. The summed E-state index contributed by atoms with van der Waals surface area (Å²) >= 11 is 0. The van der Waals surface area contributed by atoms with E-state index in [1.165, 1.54) is 17.7 Å². The fourth-order valence-corrected chi connectivity index (χ4v) is 4.57. The van der Waals surface area contributed by atoms with Gasteiger partial charge in [-0.1, -0.05) is 18.2 Å². The molecule has 0 unspecified atom stereocenters. The highest BCUT2D eigenvalue weighted by Gasteiger charge is 2.18. The van der Waals surface area contributed by atoms with Crippen molar-refractivity contribution in [3.8, 4) is 0 Å². The number of nitrogens with two attached hydrogens (primary N) is 1. The van der Waals surface area contributed by atoms with Crippen LogP contribution in [0.5, 0.6) is 0 Å². The number of nitrogens with one attached hydrogen (secondary N) is 1. The van der Waals surface area contributed by atoms with Crippen LogP contribution in [-0.4, -0.2) is 23.4 Å². The molecule has 1 aliphatic carbocycles. The second kappa shape index (κ2) is 6.87. The molecule has 1 aliphatic rings. The zero-order chi connectivity index (χ0) is 18.1. The number of hydrogen-bond donors (Lipinski definition) is 2. The van der Waals surface area contributed by atoms with E-state index in [1.807, 2.05) is 6.07 Å². The Morgan fingerprint density at radius 1 is 0.880 bits per heavy atom. The van der Waals surface area contributed by atoms with Crippen LogP contribution in [0.2, 0.25) is 0 Å². The number of rotatable bonds is 6. The van der Waals surface area contributed by atoms with E-state index in [1.54, 1.807) is 24.3 Å². The number of fused-ring (bicyclic) bond motifs is 1. The second-order valence-electron chi connectivity index (χ2n) is 6.12. The van der Waals surface area contributed by atoms with Gasteiger partial charge in [-0.25, -0.2) is 26.7 Å². The third-order valence-corrected chi connectivity index (χ3v) is 6.73. The molecule has 0 aromatic heterocycles. The molecule has 3 rings (SSSR count). The molecule has 0 radical (unpaired) electrons. The Balaban J connectivity index is 1.63. The normalized spacial score (nSPS) is 14.4. The van der Waals surface area contributed by atoms with Crippen molar-refractivity contribution in [1.82, 2.24) is 4.72 Å². The van der Waals surface area contributed by atoms with E-state index >= 15 is 0 Å². The topological polar surface area (TPSA) is 106 Å². The van der Waals surface area contributed by atoms with E-state index in [0.29, 0.717) is 6.42 Å². The van der Waals surface area contributed by atoms with E-state index in [-0.39, 0.29) is 16.3 Å². The molecule has 0 atom stereocenters. The van der Waals surface area contributed by atoms with Crippen molar-refractivity contribution >= 4 is 20.0 Å². The molecule has 0 bridgehead atoms. The Morgan fingerprint density at radius 3 is 2.20 bits per heavy atom. The van der Waals surface area contributed by atoms with Gasteiger partial charge >= 0.3 is 0 Å². The van der Waals surface area contributed by atoms with Gasteiger partial charge in [-0.05, 0) is 66.6 Å². The summed E-state index contributed by atoms with van der Waals surface area (Å²) in [6.45, 7) is 0.230. The third kappa shape index (κ3) is 4.27. The third-order valence-electron chi connectivity index (χ3n) is 4.34. The van der Waals surface area contributed by atoms with Crippen LogP contribution in [0.4, 0.5) is 0 Å². The van der Waals surface area contributed by atoms with E-state index in [2.05, 4.69) is 4.72 Å². The van der Waals surface area contributed by atoms with Crippen LogP contribution in [0, 0.1) is 0 Å². The van der Waals surface area contributed by atoms with Gasteiger partial charge in [-0.3, -0.25) is 0 Å². The summed E-state index contributed by atoms with van der Waals surface area (Å²) in [4.78, 5) is 0.327. The van der Waals surface area contributed by atoms with Crippen LogP contribution < -0.4 is 9.86 Å². The molecular weight excluding hydrogens is 360 g/mol. The molecule has 2 aromatic carbocycles.